The quantitative estimate of drug-likeness (QED) is 0.244. The van der Waals surface area contributed by atoms with Gasteiger partial charge in [-0.15, -0.1) is 0 Å². The molecule has 4 rings (SSSR count). The molecule has 1 aliphatic heterocycles. The van der Waals surface area contributed by atoms with E-state index < -0.39 is 51.9 Å². The SMILES string of the molecule is CC[C@H](C)CN(C[C@@H](O)[C@H](Cc1ccccc1)NC(=O)[C@@H]1CN(c2ccc(F)cc2F)C(=O)O1)S(=O)(=O)c1ccc(CO)cc1. The summed E-state index contributed by atoms with van der Waals surface area (Å²) in [6.07, 6.45) is -2.98. The fourth-order valence-electron chi connectivity index (χ4n) is 4.92. The zero-order valence-electron chi connectivity index (χ0n) is 25.0. The van der Waals surface area contributed by atoms with Crippen molar-refractivity contribution in [2.45, 2.75) is 56.4 Å². The number of carbonyl (C=O) groups excluding carboxylic acids is 2. The molecule has 1 fully saturated rings. The topological polar surface area (TPSA) is 136 Å². The van der Waals surface area contributed by atoms with Gasteiger partial charge in [-0.05, 0) is 47.7 Å². The van der Waals surface area contributed by atoms with Crippen molar-refractivity contribution < 1.29 is 41.7 Å². The van der Waals surface area contributed by atoms with Gasteiger partial charge in [0, 0.05) is 19.2 Å². The number of nitrogens with one attached hydrogen (secondary N) is 1. The van der Waals surface area contributed by atoms with Crippen molar-refractivity contribution in [2.24, 2.45) is 5.92 Å². The van der Waals surface area contributed by atoms with E-state index >= 15 is 0 Å². The Labute approximate surface area is 261 Å². The van der Waals surface area contributed by atoms with Crippen molar-refractivity contribution in [3.63, 3.8) is 0 Å². The van der Waals surface area contributed by atoms with Crippen LogP contribution in [0.25, 0.3) is 0 Å². The van der Waals surface area contributed by atoms with Crippen LogP contribution in [-0.4, -0.2) is 72.8 Å². The maximum atomic E-state index is 14.4. The Bertz CT molecular complexity index is 1580. The molecule has 0 aliphatic carbocycles. The van der Waals surface area contributed by atoms with Gasteiger partial charge in [0.05, 0.1) is 35.9 Å². The van der Waals surface area contributed by atoms with Gasteiger partial charge in [0.15, 0.2) is 6.10 Å². The van der Waals surface area contributed by atoms with Gasteiger partial charge in [-0.2, -0.15) is 4.31 Å². The molecule has 0 aromatic heterocycles. The number of hydrogen-bond acceptors (Lipinski definition) is 7. The lowest BCUT2D eigenvalue weighted by atomic mass is 10.0. The van der Waals surface area contributed by atoms with Gasteiger partial charge in [-0.1, -0.05) is 62.7 Å². The smallest absolute Gasteiger partial charge is 0.415 e. The summed E-state index contributed by atoms with van der Waals surface area (Å²) in [5, 5.41) is 23.6. The number of amides is 2. The molecule has 3 N–H and O–H groups in total. The van der Waals surface area contributed by atoms with E-state index in [1.54, 1.807) is 30.3 Å². The second-order valence-electron chi connectivity index (χ2n) is 11.1. The van der Waals surface area contributed by atoms with Gasteiger partial charge < -0.3 is 20.3 Å². The highest BCUT2D eigenvalue weighted by Crippen LogP contribution is 2.26. The van der Waals surface area contributed by atoms with Crippen LogP contribution in [0.4, 0.5) is 19.3 Å². The predicted molar refractivity (Wildman–Crippen MR) is 163 cm³/mol. The van der Waals surface area contributed by atoms with Gasteiger partial charge in [0.25, 0.3) is 5.91 Å². The van der Waals surface area contributed by atoms with Gasteiger partial charge in [-0.3, -0.25) is 9.69 Å². The highest BCUT2D eigenvalue weighted by molar-refractivity contribution is 7.89. The van der Waals surface area contributed by atoms with Crippen LogP contribution in [0.2, 0.25) is 0 Å². The Kier molecular flexibility index (Phi) is 11.3. The van der Waals surface area contributed by atoms with Crippen LogP contribution in [-0.2, 0) is 32.6 Å². The molecule has 0 spiro atoms. The molecule has 1 heterocycles. The number of aliphatic hydroxyl groups excluding tert-OH is 2. The molecule has 13 heteroatoms. The van der Waals surface area contributed by atoms with E-state index in [2.05, 4.69) is 5.32 Å². The summed E-state index contributed by atoms with van der Waals surface area (Å²) in [6, 6.07) is 16.4. The number of ether oxygens (including phenoxy) is 1. The molecule has 2 amide bonds. The second kappa shape index (κ2) is 14.9. The minimum absolute atomic E-state index is 0.00941. The Morgan fingerprint density at radius 1 is 1.07 bits per heavy atom. The normalized spacial score (nSPS) is 17.2. The molecule has 1 saturated heterocycles. The lowest BCUT2D eigenvalue weighted by Gasteiger charge is -2.31. The highest BCUT2D eigenvalue weighted by Gasteiger charge is 2.40. The number of hydrogen-bond donors (Lipinski definition) is 3. The van der Waals surface area contributed by atoms with Gasteiger partial charge in [-0.25, -0.2) is 22.0 Å². The van der Waals surface area contributed by atoms with Gasteiger partial charge in [0.2, 0.25) is 10.0 Å². The molecular formula is C32H37F2N3O7S. The van der Waals surface area contributed by atoms with Gasteiger partial charge >= 0.3 is 6.09 Å². The zero-order chi connectivity index (χ0) is 32.7. The third-order valence-corrected chi connectivity index (χ3v) is 9.59. The molecule has 0 bridgehead atoms. The molecule has 3 aromatic rings. The van der Waals surface area contributed by atoms with E-state index in [9.17, 15) is 37.0 Å². The number of carbonyl (C=O) groups is 2. The minimum atomic E-state index is -4.09. The number of rotatable bonds is 14. The van der Waals surface area contributed by atoms with Crippen molar-refractivity contribution in [3.05, 3.63) is 95.6 Å². The van der Waals surface area contributed by atoms with Crippen LogP contribution in [0, 0.1) is 17.6 Å². The molecule has 1 aliphatic rings. The van der Waals surface area contributed by atoms with Crippen LogP contribution in [0.3, 0.4) is 0 Å². The van der Waals surface area contributed by atoms with E-state index in [1.165, 1.54) is 28.6 Å². The first-order valence-corrected chi connectivity index (χ1v) is 16.0. The van der Waals surface area contributed by atoms with Gasteiger partial charge in [0.1, 0.15) is 11.6 Å². The van der Waals surface area contributed by atoms with Crippen molar-refractivity contribution in [3.8, 4) is 0 Å². The Morgan fingerprint density at radius 2 is 1.76 bits per heavy atom. The Balaban J connectivity index is 1.56. The van der Waals surface area contributed by atoms with Crippen molar-refractivity contribution in [2.75, 3.05) is 24.5 Å². The number of anilines is 1. The molecule has 45 heavy (non-hydrogen) atoms. The monoisotopic (exact) mass is 645 g/mol. The molecule has 0 radical (unpaired) electrons. The number of nitrogens with zero attached hydrogens (tertiary/aromatic N) is 2. The predicted octanol–water partition coefficient (Wildman–Crippen LogP) is 3.61. The third-order valence-electron chi connectivity index (χ3n) is 7.74. The first-order chi connectivity index (χ1) is 21.4. The zero-order valence-corrected chi connectivity index (χ0v) is 25.8. The fourth-order valence-corrected chi connectivity index (χ4v) is 6.50. The number of sulfonamides is 1. The first-order valence-electron chi connectivity index (χ1n) is 14.6. The maximum absolute atomic E-state index is 14.4. The summed E-state index contributed by atoms with van der Waals surface area (Å²) in [7, 11) is -4.09. The summed E-state index contributed by atoms with van der Waals surface area (Å²) in [5.41, 5.74) is 1.04. The summed E-state index contributed by atoms with van der Waals surface area (Å²) in [5.74, 6) is -2.66. The second-order valence-corrected chi connectivity index (χ2v) is 13.0. The van der Waals surface area contributed by atoms with E-state index in [0.29, 0.717) is 18.1 Å². The number of aliphatic hydroxyl groups is 2. The standard InChI is InChI=1S/C32H37F2N3O7S/c1-3-21(2)17-36(45(42,43)25-12-9-23(20-38)10-13-25)18-29(39)27(15-22-7-5-4-6-8-22)35-31(40)30-19-37(32(41)44-30)28-14-11-24(33)16-26(28)34/h4-14,16,21,27,29-30,38-39H,3,15,17-20H2,1-2H3,(H,35,40)/t21-,27-,29+,30-/m0/s1. The van der Waals surface area contributed by atoms with Crippen molar-refractivity contribution >= 4 is 27.7 Å². The number of cyclic esters (lactones) is 1. The Morgan fingerprint density at radius 3 is 2.38 bits per heavy atom. The van der Waals surface area contributed by atoms with E-state index in [-0.39, 0.29) is 49.2 Å². The molecule has 0 unspecified atom stereocenters. The average Bonchev–Trinajstić information content (AvgIpc) is 3.41. The van der Waals surface area contributed by atoms with Crippen molar-refractivity contribution in [1.29, 1.82) is 0 Å². The molecule has 4 atom stereocenters. The lowest BCUT2D eigenvalue weighted by molar-refractivity contribution is -0.129. The minimum Gasteiger partial charge on any atom is -0.434 e. The van der Waals surface area contributed by atoms with Crippen molar-refractivity contribution in [1.82, 2.24) is 9.62 Å². The fraction of sp³-hybridized carbons (Fsp3) is 0.375. The van der Waals surface area contributed by atoms with Crippen LogP contribution < -0.4 is 10.2 Å². The molecule has 3 aromatic carbocycles. The molecule has 242 valence electrons. The largest absolute Gasteiger partial charge is 0.434 e. The number of halogens is 2. The highest BCUT2D eigenvalue weighted by atomic mass is 32.2. The lowest BCUT2D eigenvalue weighted by Crippen LogP contribution is -2.53. The van der Waals surface area contributed by atoms with E-state index in [0.717, 1.165) is 22.6 Å². The summed E-state index contributed by atoms with van der Waals surface area (Å²) in [6.45, 7) is 2.94. The Hall–Kier alpha value is -3.91. The first kappa shape index (κ1) is 34.0. The van der Waals surface area contributed by atoms with Crippen LogP contribution >= 0.6 is 0 Å². The molecular weight excluding hydrogens is 608 g/mol. The van der Waals surface area contributed by atoms with E-state index in [1.807, 2.05) is 13.8 Å². The maximum Gasteiger partial charge on any atom is 0.415 e. The van der Waals surface area contributed by atoms with E-state index in [4.69, 9.17) is 4.74 Å². The summed E-state index contributed by atoms with van der Waals surface area (Å²) >= 11 is 0. The summed E-state index contributed by atoms with van der Waals surface area (Å²) < 4.78 is 61.6. The van der Waals surface area contributed by atoms with Crippen LogP contribution in [0.15, 0.2) is 77.7 Å². The summed E-state index contributed by atoms with van der Waals surface area (Å²) in [4.78, 5) is 26.8. The number of benzene rings is 3. The molecule has 0 saturated carbocycles. The third kappa shape index (κ3) is 8.42. The van der Waals surface area contributed by atoms with Crippen LogP contribution in [0.1, 0.15) is 31.4 Å². The average molecular weight is 646 g/mol. The van der Waals surface area contributed by atoms with Crippen LogP contribution in [0.5, 0.6) is 0 Å². The molecule has 10 nitrogen and oxygen atoms in total.